The Labute approximate surface area is 96.5 Å². The van der Waals surface area contributed by atoms with Crippen molar-refractivity contribution in [3.8, 4) is 0 Å². The highest BCUT2D eigenvalue weighted by Gasteiger charge is 2.52. The number of aliphatic hydroxyl groups is 1. The minimum absolute atomic E-state index is 0.0369. The van der Waals surface area contributed by atoms with Crippen molar-refractivity contribution in [1.29, 1.82) is 0 Å². The van der Waals surface area contributed by atoms with Gasteiger partial charge in [-0.1, -0.05) is 13.5 Å². The summed E-state index contributed by atoms with van der Waals surface area (Å²) in [5, 5.41) is 9.91. The second-order valence-corrected chi connectivity index (χ2v) is 5.34. The first-order valence-electron chi connectivity index (χ1n) is 5.99. The van der Waals surface area contributed by atoms with E-state index >= 15 is 0 Å². The molecule has 0 aromatic carbocycles. The molecule has 0 aromatic rings. The maximum Gasteiger partial charge on any atom is 0.302 e. The van der Waals surface area contributed by atoms with Gasteiger partial charge in [0.15, 0.2) is 0 Å². The fraction of sp³-hybridized carbons (Fsp3) is 0.769. The molecule has 0 amide bonds. The predicted octanol–water partition coefficient (Wildman–Crippen LogP) is 2.05. The van der Waals surface area contributed by atoms with Crippen LogP contribution in [0, 0.1) is 11.3 Å². The van der Waals surface area contributed by atoms with E-state index in [-0.39, 0.29) is 23.4 Å². The molecular formula is C13H20O3. The van der Waals surface area contributed by atoms with Gasteiger partial charge in [-0.05, 0) is 36.7 Å². The second kappa shape index (κ2) is 3.88. The van der Waals surface area contributed by atoms with Crippen molar-refractivity contribution >= 4 is 5.97 Å². The molecule has 3 nitrogen and oxygen atoms in total. The number of rotatable bonds is 1. The summed E-state index contributed by atoms with van der Waals surface area (Å²) in [5.41, 5.74) is 0.881. The van der Waals surface area contributed by atoms with Crippen molar-refractivity contribution in [2.75, 3.05) is 0 Å². The van der Waals surface area contributed by atoms with E-state index in [2.05, 4.69) is 13.5 Å². The van der Waals surface area contributed by atoms with Crippen LogP contribution in [0.5, 0.6) is 0 Å². The Kier molecular flexibility index (Phi) is 2.82. The number of esters is 1. The first kappa shape index (κ1) is 11.6. The van der Waals surface area contributed by atoms with E-state index in [9.17, 15) is 9.90 Å². The molecule has 90 valence electrons. The zero-order valence-corrected chi connectivity index (χ0v) is 10.0. The maximum atomic E-state index is 11.1. The molecule has 2 fully saturated rings. The molecule has 1 unspecified atom stereocenters. The van der Waals surface area contributed by atoms with Crippen LogP contribution in [0.2, 0.25) is 0 Å². The lowest BCUT2D eigenvalue weighted by Crippen LogP contribution is -2.39. The van der Waals surface area contributed by atoms with Crippen LogP contribution in [0.1, 0.15) is 39.5 Å². The minimum Gasteiger partial charge on any atom is -0.462 e. The van der Waals surface area contributed by atoms with E-state index in [1.165, 1.54) is 6.92 Å². The van der Waals surface area contributed by atoms with Crippen LogP contribution in [-0.4, -0.2) is 23.3 Å². The SMILES string of the molecule is C=C1[C@@H](O)CC2[C@@H](OC(C)=O)CCC[C@]12C. The van der Waals surface area contributed by atoms with E-state index in [4.69, 9.17) is 4.74 Å². The molecule has 0 saturated heterocycles. The van der Waals surface area contributed by atoms with Crippen molar-refractivity contribution in [1.82, 2.24) is 0 Å². The molecule has 1 N–H and O–H groups in total. The average Bonchev–Trinajstić information content (AvgIpc) is 2.42. The Hall–Kier alpha value is -0.830. The van der Waals surface area contributed by atoms with E-state index in [1.807, 2.05) is 0 Å². The molecule has 0 radical (unpaired) electrons. The van der Waals surface area contributed by atoms with Gasteiger partial charge in [-0.15, -0.1) is 0 Å². The number of hydrogen-bond donors (Lipinski definition) is 1. The molecule has 0 heterocycles. The summed E-state index contributed by atoms with van der Waals surface area (Å²) in [6, 6.07) is 0. The van der Waals surface area contributed by atoms with Crippen LogP contribution in [0.3, 0.4) is 0 Å². The van der Waals surface area contributed by atoms with E-state index in [0.29, 0.717) is 6.42 Å². The van der Waals surface area contributed by atoms with E-state index in [1.54, 1.807) is 0 Å². The first-order chi connectivity index (χ1) is 7.45. The van der Waals surface area contributed by atoms with Crippen molar-refractivity contribution < 1.29 is 14.6 Å². The molecule has 2 saturated carbocycles. The van der Waals surface area contributed by atoms with Crippen LogP contribution < -0.4 is 0 Å². The summed E-state index contributed by atoms with van der Waals surface area (Å²) in [5.74, 6) is 0.0221. The minimum atomic E-state index is -0.425. The van der Waals surface area contributed by atoms with Gasteiger partial charge in [0.05, 0.1) is 6.10 Å². The summed E-state index contributed by atoms with van der Waals surface area (Å²) in [4.78, 5) is 11.1. The number of aliphatic hydroxyl groups excluding tert-OH is 1. The summed E-state index contributed by atoms with van der Waals surface area (Å²) in [6.07, 6.45) is 3.23. The molecule has 0 spiro atoms. The van der Waals surface area contributed by atoms with Crippen molar-refractivity contribution in [2.45, 2.75) is 51.7 Å². The van der Waals surface area contributed by atoms with Gasteiger partial charge in [0.1, 0.15) is 6.10 Å². The molecule has 2 rings (SSSR count). The van der Waals surface area contributed by atoms with Crippen LogP contribution in [0.15, 0.2) is 12.2 Å². The second-order valence-electron chi connectivity index (χ2n) is 5.34. The zero-order chi connectivity index (χ0) is 11.9. The van der Waals surface area contributed by atoms with E-state index in [0.717, 1.165) is 24.8 Å². The molecular weight excluding hydrogens is 204 g/mol. The molecule has 2 aliphatic rings. The highest BCUT2D eigenvalue weighted by atomic mass is 16.5. The van der Waals surface area contributed by atoms with Gasteiger partial charge in [-0.3, -0.25) is 4.79 Å². The summed E-state index contributed by atoms with van der Waals surface area (Å²) < 4.78 is 5.38. The predicted molar refractivity (Wildman–Crippen MR) is 60.8 cm³/mol. The zero-order valence-electron chi connectivity index (χ0n) is 10.0. The Morgan fingerprint density at radius 1 is 1.62 bits per heavy atom. The van der Waals surface area contributed by atoms with Crippen LogP contribution in [0.25, 0.3) is 0 Å². The normalized spacial score (nSPS) is 42.9. The number of fused-ring (bicyclic) bond motifs is 1. The Bertz CT molecular complexity index is 323. The summed E-state index contributed by atoms with van der Waals surface area (Å²) >= 11 is 0. The molecule has 0 bridgehead atoms. The summed E-state index contributed by atoms with van der Waals surface area (Å²) in [6.45, 7) is 7.61. The lowest BCUT2D eigenvalue weighted by Gasteiger charge is -2.41. The van der Waals surface area contributed by atoms with Gasteiger partial charge >= 0.3 is 5.97 Å². The standard InChI is InChI=1S/C13H20O3/c1-8-11(15)7-10-12(16-9(2)14)5-4-6-13(8,10)3/h10-12,15H,1,4-7H2,2-3H3/t10?,11-,12-,13+/m0/s1. The Morgan fingerprint density at radius 2 is 2.31 bits per heavy atom. The topological polar surface area (TPSA) is 46.5 Å². The fourth-order valence-electron chi connectivity index (χ4n) is 3.40. The Balaban J connectivity index is 2.21. The highest BCUT2D eigenvalue weighted by Crippen LogP contribution is 2.55. The molecule has 0 aliphatic heterocycles. The summed E-state index contributed by atoms with van der Waals surface area (Å²) in [7, 11) is 0. The third kappa shape index (κ3) is 1.67. The largest absolute Gasteiger partial charge is 0.462 e. The molecule has 16 heavy (non-hydrogen) atoms. The quantitative estimate of drug-likeness (QED) is 0.547. The average molecular weight is 224 g/mol. The van der Waals surface area contributed by atoms with Gasteiger partial charge in [-0.2, -0.15) is 0 Å². The number of hydrogen-bond acceptors (Lipinski definition) is 3. The van der Waals surface area contributed by atoms with Crippen LogP contribution in [-0.2, 0) is 9.53 Å². The van der Waals surface area contributed by atoms with Gasteiger partial charge in [-0.25, -0.2) is 0 Å². The molecule has 2 aliphatic carbocycles. The smallest absolute Gasteiger partial charge is 0.302 e. The lowest BCUT2D eigenvalue weighted by molar-refractivity contribution is -0.153. The van der Waals surface area contributed by atoms with E-state index < -0.39 is 6.10 Å². The van der Waals surface area contributed by atoms with Crippen molar-refractivity contribution in [3.05, 3.63) is 12.2 Å². The first-order valence-corrected chi connectivity index (χ1v) is 5.99. The number of ether oxygens (including phenoxy) is 1. The van der Waals surface area contributed by atoms with Gasteiger partial charge in [0.2, 0.25) is 0 Å². The van der Waals surface area contributed by atoms with Crippen molar-refractivity contribution in [3.63, 3.8) is 0 Å². The monoisotopic (exact) mass is 224 g/mol. The van der Waals surface area contributed by atoms with Gasteiger partial charge < -0.3 is 9.84 Å². The Morgan fingerprint density at radius 3 is 2.94 bits per heavy atom. The van der Waals surface area contributed by atoms with Crippen LogP contribution >= 0.6 is 0 Å². The van der Waals surface area contributed by atoms with Gasteiger partial charge in [0, 0.05) is 12.8 Å². The lowest BCUT2D eigenvalue weighted by atomic mass is 9.67. The third-order valence-corrected chi connectivity index (χ3v) is 4.38. The molecule has 4 atom stereocenters. The third-order valence-electron chi connectivity index (χ3n) is 4.38. The fourth-order valence-corrected chi connectivity index (χ4v) is 3.40. The van der Waals surface area contributed by atoms with Gasteiger partial charge in [0.25, 0.3) is 0 Å². The van der Waals surface area contributed by atoms with Crippen LogP contribution in [0.4, 0.5) is 0 Å². The molecule has 3 heteroatoms. The number of carbonyl (C=O) groups excluding carboxylic acids is 1. The van der Waals surface area contributed by atoms with Crippen molar-refractivity contribution in [2.24, 2.45) is 11.3 Å². The number of carbonyl (C=O) groups is 1. The molecule has 0 aromatic heterocycles. The highest BCUT2D eigenvalue weighted by molar-refractivity contribution is 5.66. The maximum absolute atomic E-state index is 11.1.